The molecule has 1 aliphatic carbocycles. The Morgan fingerprint density at radius 3 is 2.91 bits per heavy atom. The van der Waals surface area contributed by atoms with Crippen molar-refractivity contribution in [1.29, 1.82) is 0 Å². The molecule has 0 atom stereocenters. The van der Waals surface area contributed by atoms with Crippen molar-refractivity contribution >= 4 is 5.91 Å². The minimum atomic E-state index is -0.509. The number of H-pyrrole nitrogens is 1. The van der Waals surface area contributed by atoms with Crippen LogP contribution in [0.25, 0.3) is 0 Å². The van der Waals surface area contributed by atoms with Crippen molar-refractivity contribution in [3.05, 3.63) is 45.5 Å². The second-order valence-corrected chi connectivity index (χ2v) is 6.37. The van der Waals surface area contributed by atoms with E-state index < -0.39 is 11.6 Å². The number of hydrogen-bond acceptors (Lipinski definition) is 5. The lowest BCUT2D eigenvalue weighted by Crippen LogP contribution is -2.27. The second kappa shape index (κ2) is 6.36. The fourth-order valence-corrected chi connectivity index (χ4v) is 2.41. The van der Waals surface area contributed by atoms with Gasteiger partial charge in [-0.15, -0.1) is 0 Å². The molecule has 0 unspecified atom stereocenters. The molecule has 0 saturated heterocycles. The quantitative estimate of drug-likeness (QED) is 0.845. The van der Waals surface area contributed by atoms with E-state index in [1.807, 2.05) is 19.9 Å². The van der Waals surface area contributed by atoms with Crippen LogP contribution in [0, 0.1) is 5.92 Å². The molecule has 1 aliphatic rings. The number of rotatable bonds is 6. The Morgan fingerprint density at radius 1 is 1.43 bits per heavy atom. The Kier molecular flexibility index (Phi) is 4.27. The first-order valence-electron chi connectivity index (χ1n) is 7.85. The zero-order valence-corrected chi connectivity index (χ0v) is 13.3. The molecular weight excluding hydrogens is 296 g/mol. The van der Waals surface area contributed by atoms with Gasteiger partial charge in [-0.2, -0.15) is 4.98 Å². The highest BCUT2D eigenvalue weighted by Crippen LogP contribution is 2.40. The lowest BCUT2D eigenvalue weighted by molar-refractivity contribution is 0.0944. The Bertz CT molecular complexity index is 759. The lowest BCUT2D eigenvalue weighted by atomic mass is 10.1. The molecule has 23 heavy (non-hydrogen) atoms. The molecule has 0 bridgehead atoms. The van der Waals surface area contributed by atoms with Crippen LogP contribution >= 0.6 is 0 Å². The first-order valence-corrected chi connectivity index (χ1v) is 7.85. The Balaban J connectivity index is 1.64. The molecule has 0 radical (unpaired) electrons. The number of aromatic nitrogens is 3. The molecule has 1 saturated carbocycles. The first kappa shape index (κ1) is 15.5. The van der Waals surface area contributed by atoms with Crippen molar-refractivity contribution in [3.63, 3.8) is 0 Å². The summed E-state index contributed by atoms with van der Waals surface area (Å²) in [5.41, 5.74) is 0.996. The van der Waals surface area contributed by atoms with Crippen LogP contribution in [-0.2, 0) is 13.0 Å². The number of nitrogens with one attached hydrogen (secondary N) is 2. The average molecular weight is 316 g/mol. The molecule has 0 spiro atoms. The molecule has 3 rings (SSSR count). The molecule has 122 valence electrons. The average Bonchev–Trinajstić information content (AvgIpc) is 3.22. The van der Waals surface area contributed by atoms with Crippen LogP contribution in [-0.4, -0.2) is 21.0 Å². The van der Waals surface area contributed by atoms with E-state index in [-0.39, 0.29) is 12.2 Å². The maximum atomic E-state index is 12.2. The summed E-state index contributed by atoms with van der Waals surface area (Å²) in [6.45, 7) is 4.34. The lowest BCUT2D eigenvalue weighted by Gasteiger charge is -2.06. The van der Waals surface area contributed by atoms with E-state index in [1.165, 1.54) is 0 Å². The van der Waals surface area contributed by atoms with Crippen molar-refractivity contribution < 1.29 is 9.32 Å². The standard InChI is InChI=1S/C16H20N4O3/c1-9(2)5-11-6-13(19-16(22)18-11)15(21)17-8-12-7-14(23-20-12)10-3-4-10/h6-7,9-10H,3-5,8H2,1-2H3,(H,17,21)(H,18,19,22). The van der Waals surface area contributed by atoms with E-state index in [2.05, 4.69) is 20.4 Å². The summed E-state index contributed by atoms with van der Waals surface area (Å²) in [6, 6.07) is 3.49. The highest BCUT2D eigenvalue weighted by atomic mass is 16.5. The van der Waals surface area contributed by atoms with Crippen LogP contribution < -0.4 is 11.0 Å². The van der Waals surface area contributed by atoms with E-state index in [9.17, 15) is 9.59 Å². The molecule has 1 amide bonds. The van der Waals surface area contributed by atoms with Gasteiger partial charge in [0, 0.05) is 17.7 Å². The van der Waals surface area contributed by atoms with Crippen LogP contribution in [0.5, 0.6) is 0 Å². The van der Waals surface area contributed by atoms with E-state index >= 15 is 0 Å². The van der Waals surface area contributed by atoms with Crippen LogP contribution in [0.15, 0.2) is 21.5 Å². The van der Waals surface area contributed by atoms with Crippen molar-refractivity contribution in [2.24, 2.45) is 5.92 Å². The van der Waals surface area contributed by atoms with Crippen LogP contribution in [0.4, 0.5) is 0 Å². The number of carbonyl (C=O) groups excluding carboxylic acids is 1. The van der Waals surface area contributed by atoms with Gasteiger partial charge in [-0.25, -0.2) is 4.79 Å². The zero-order valence-electron chi connectivity index (χ0n) is 13.3. The molecule has 2 aromatic heterocycles. The van der Waals surface area contributed by atoms with Gasteiger partial charge in [-0.05, 0) is 31.2 Å². The molecule has 7 nitrogen and oxygen atoms in total. The van der Waals surface area contributed by atoms with Crippen LogP contribution in [0.1, 0.15) is 60.2 Å². The summed E-state index contributed by atoms with van der Waals surface area (Å²) >= 11 is 0. The molecule has 0 aromatic carbocycles. The van der Waals surface area contributed by atoms with E-state index in [1.54, 1.807) is 6.07 Å². The summed E-state index contributed by atoms with van der Waals surface area (Å²) in [4.78, 5) is 30.1. The number of nitrogens with zero attached hydrogens (tertiary/aromatic N) is 2. The minimum Gasteiger partial charge on any atom is -0.361 e. The predicted octanol–water partition coefficient (Wildman–Crippen LogP) is 1.76. The van der Waals surface area contributed by atoms with E-state index in [4.69, 9.17) is 4.52 Å². The minimum absolute atomic E-state index is 0.121. The van der Waals surface area contributed by atoms with Crippen molar-refractivity contribution in [2.75, 3.05) is 0 Å². The summed E-state index contributed by atoms with van der Waals surface area (Å²) in [6.07, 6.45) is 2.96. The topological polar surface area (TPSA) is 101 Å². The number of hydrogen-bond donors (Lipinski definition) is 2. The zero-order chi connectivity index (χ0) is 16.4. The smallest absolute Gasteiger partial charge is 0.345 e. The summed E-state index contributed by atoms with van der Waals surface area (Å²) < 4.78 is 5.24. The number of aromatic amines is 1. The van der Waals surface area contributed by atoms with Gasteiger partial charge in [0.1, 0.15) is 17.1 Å². The van der Waals surface area contributed by atoms with Crippen molar-refractivity contribution in [2.45, 2.75) is 45.6 Å². The normalized spacial score (nSPS) is 14.2. The summed E-state index contributed by atoms with van der Waals surface area (Å²) in [5, 5.41) is 6.66. The van der Waals surface area contributed by atoms with Crippen LogP contribution in [0.3, 0.4) is 0 Å². The predicted molar refractivity (Wildman–Crippen MR) is 83.0 cm³/mol. The largest absolute Gasteiger partial charge is 0.361 e. The fourth-order valence-electron chi connectivity index (χ4n) is 2.41. The van der Waals surface area contributed by atoms with Crippen molar-refractivity contribution in [1.82, 2.24) is 20.4 Å². The van der Waals surface area contributed by atoms with Gasteiger partial charge in [0.15, 0.2) is 0 Å². The van der Waals surface area contributed by atoms with Crippen molar-refractivity contribution in [3.8, 4) is 0 Å². The third kappa shape index (κ3) is 4.06. The Labute approximate surface area is 133 Å². The van der Waals surface area contributed by atoms with Gasteiger partial charge in [0.25, 0.3) is 5.91 Å². The number of amides is 1. The highest BCUT2D eigenvalue weighted by molar-refractivity contribution is 5.92. The third-order valence-corrected chi connectivity index (χ3v) is 3.65. The molecule has 2 aromatic rings. The number of carbonyl (C=O) groups is 1. The first-order chi connectivity index (χ1) is 11.0. The molecule has 1 fully saturated rings. The highest BCUT2D eigenvalue weighted by Gasteiger charge is 2.27. The monoisotopic (exact) mass is 316 g/mol. The third-order valence-electron chi connectivity index (χ3n) is 3.65. The van der Waals surface area contributed by atoms with E-state index in [0.717, 1.165) is 18.6 Å². The van der Waals surface area contributed by atoms with Crippen LogP contribution in [0.2, 0.25) is 0 Å². The molecule has 0 aliphatic heterocycles. The van der Waals surface area contributed by atoms with Gasteiger partial charge in [-0.1, -0.05) is 19.0 Å². The maximum absolute atomic E-state index is 12.2. The second-order valence-electron chi connectivity index (χ2n) is 6.37. The Hall–Kier alpha value is -2.44. The SMILES string of the molecule is CC(C)Cc1cc(C(=O)NCc2cc(C3CC3)on2)nc(=O)[nH]1. The molecule has 2 N–H and O–H groups in total. The molecular formula is C16H20N4O3. The van der Waals surface area contributed by atoms with Gasteiger partial charge in [0.05, 0.1) is 6.54 Å². The van der Waals surface area contributed by atoms with E-state index in [0.29, 0.717) is 29.6 Å². The summed E-state index contributed by atoms with van der Waals surface area (Å²) in [5.74, 6) is 1.35. The summed E-state index contributed by atoms with van der Waals surface area (Å²) in [7, 11) is 0. The van der Waals surface area contributed by atoms with Gasteiger partial charge < -0.3 is 14.8 Å². The molecule has 7 heteroatoms. The van der Waals surface area contributed by atoms with Gasteiger partial charge in [-0.3, -0.25) is 4.79 Å². The van der Waals surface area contributed by atoms with Gasteiger partial charge in [0.2, 0.25) is 0 Å². The Morgan fingerprint density at radius 2 is 2.22 bits per heavy atom. The molecule has 2 heterocycles. The fraction of sp³-hybridized carbons (Fsp3) is 0.500. The maximum Gasteiger partial charge on any atom is 0.345 e. The van der Waals surface area contributed by atoms with Gasteiger partial charge >= 0.3 is 5.69 Å².